The molecule has 0 amide bonds. The Morgan fingerprint density at radius 2 is 2.00 bits per heavy atom. The Morgan fingerprint density at radius 3 is 2.68 bits per heavy atom. The molecule has 4 heterocycles. The van der Waals surface area contributed by atoms with Crippen LogP contribution in [0.25, 0.3) is 21.9 Å². The fourth-order valence-corrected chi connectivity index (χ4v) is 4.44. The van der Waals surface area contributed by atoms with E-state index in [0.717, 1.165) is 35.8 Å². The van der Waals surface area contributed by atoms with E-state index in [0.29, 0.717) is 28.7 Å². The van der Waals surface area contributed by atoms with Crippen LogP contribution in [0.4, 0.5) is 15.9 Å². The highest BCUT2D eigenvalue weighted by Crippen LogP contribution is 2.53. The second kappa shape index (κ2) is 6.24. The molecule has 10 heteroatoms. The van der Waals surface area contributed by atoms with Gasteiger partial charge in [0.2, 0.25) is 0 Å². The van der Waals surface area contributed by atoms with Crippen molar-refractivity contribution in [2.75, 3.05) is 30.4 Å². The standard InChI is InChI=1S/C21H21FN8O/c1-10-25-6-12(7-26-10)31-20-28-18-16(13-3-11(22)4-14(24-2)17(13)27-18)19(29-20)30-8-21(9-30)5-15(21)23/h3-4,6-7,15,24H,5,8-9,23H2,1-2H3,(H,27,28,29). The number of rotatable bonds is 4. The first kappa shape index (κ1) is 18.3. The highest BCUT2D eigenvalue weighted by atomic mass is 19.1. The third-order valence-electron chi connectivity index (χ3n) is 6.28. The number of fused-ring (bicyclic) bond motifs is 3. The average Bonchev–Trinajstić information content (AvgIpc) is 3.27. The molecular formula is C21H21FN8O. The lowest BCUT2D eigenvalue weighted by Crippen LogP contribution is -2.51. The third-order valence-corrected chi connectivity index (χ3v) is 6.28. The van der Waals surface area contributed by atoms with Gasteiger partial charge in [0.05, 0.1) is 29.0 Å². The summed E-state index contributed by atoms with van der Waals surface area (Å²) in [5.74, 6) is 1.47. The maximum absolute atomic E-state index is 14.3. The lowest BCUT2D eigenvalue weighted by Gasteiger charge is -2.41. The molecule has 0 bridgehead atoms. The number of H-pyrrole nitrogens is 1. The molecule has 1 saturated carbocycles. The minimum atomic E-state index is -0.329. The number of hydrogen-bond donors (Lipinski definition) is 3. The number of benzene rings is 1. The van der Waals surface area contributed by atoms with Gasteiger partial charge >= 0.3 is 6.01 Å². The number of halogens is 1. The zero-order valence-corrected chi connectivity index (χ0v) is 17.1. The largest absolute Gasteiger partial charge is 0.421 e. The van der Waals surface area contributed by atoms with Gasteiger partial charge in [-0.1, -0.05) is 0 Å². The first-order valence-corrected chi connectivity index (χ1v) is 10.1. The Hall–Kier alpha value is -3.53. The van der Waals surface area contributed by atoms with E-state index in [4.69, 9.17) is 15.5 Å². The number of nitrogens with one attached hydrogen (secondary N) is 2. The van der Waals surface area contributed by atoms with Crippen LogP contribution in [0.1, 0.15) is 12.2 Å². The summed E-state index contributed by atoms with van der Waals surface area (Å²) in [6.45, 7) is 3.43. The zero-order chi connectivity index (χ0) is 21.3. The number of anilines is 2. The van der Waals surface area contributed by atoms with Crippen molar-refractivity contribution in [2.24, 2.45) is 11.1 Å². The second-order valence-corrected chi connectivity index (χ2v) is 8.40. The van der Waals surface area contributed by atoms with Crippen molar-refractivity contribution in [1.82, 2.24) is 24.9 Å². The van der Waals surface area contributed by atoms with Crippen molar-refractivity contribution >= 4 is 33.4 Å². The molecule has 6 rings (SSSR count). The molecule has 1 aromatic carbocycles. The van der Waals surface area contributed by atoms with E-state index in [1.807, 2.05) is 0 Å². The second-order valence-electron chi connectivity index (χ2n) is 8.40. The van der Waals surface area contributed by atoms with Crippen LogP contribution in [0, 0.1) is 18.2 Å². The van der Waals surface area contributed by atoms with Gasteiger partial charge in [0.25, 0.3) is 0 Å². The number of nitrogens with two attached hydrogens (primary N) is 1. The predicted molar refractivity (Wildman–Crippen MR) is 115 cm³/mol. The molecule has 1 saturated heterocycles. The highest BCUT2D eigenvalue weighted by Gasteiger charge is 2.60. The minimum absolute atomic E-state index is 0.175. The monoisotopic (exact) mass is 420 g/mol. The van der Waals surface area contributed by atoms with Gasteiger partial charge in [-0.05, 0) is 25.5 Å². The number of hydrogen-bond acceptors (Lipinski definition) is 8. The molecular weight excluding hydrogens is 399 g/mol. The fraction of sp³-hybridized carbons (Fsp3) is 0.333. The van der Waals surface area contributed by atoms with Crippen LogP contribution in [-0.2, 0) is 0 Å². The first-order valence-electron chi connectivity index (χ1n) is 10.1. The van der Waals surface area contributed by atoms with Crippen molar-refractivity contribution in [3.63, 3.8) is 0 Å². The molecule has 4 aromatic rings. The van der Waals surface area contributed by atoms with Crippen LogP contribution < -0.4 is 20.7 Å². The van der Waals surface area contributed by atoms with E-state index >= 15 is 0 Å². The van der Waals surface area contributed by atoms with E-state index in [1.165, 1.54) is 12.1 Å². The van der Waals surface area contributed by atoms with Crippen LogP contribution in [-0.4, -0.2) is 51.1 Å². The van der Waals surface area contributed by atoms with Gasteiger partial charge in [-0.3, -0.25) is 0 Å². The number of aromatic nitrogens is 5. The van der Waals surface area contributed by atoms with E-state index in [9.17, 15) is 4.39 Å². The lowest BCUT2D eigenvalue weighted by molar-refractivity contribution is 0.368. The fourth-order valence-electron chi connectivity index (χ4n) is 4.44. The summed E-state index contributed by atoms with van der Waals surface area (Å²) in [5.41, 5.74) is 8.30. The molecule has 2 aliphatic rings. The molecule has 158 valence electrons. The van der Waals surface area contributed by atoms with E-state index in [-0.39, 0.29) is 23.3 Å². The van der Waals surface area contributed by atoms with Gasteiger partial charge in [-0.25, -0.2) is 14.4 Å². The molecule has 1 atom stereocenters. The SMILES string of the molecule is CNc1cc(F)cc2c1[nH]c1nc(Oc3cnc(C)nc3)nc(N3CC4(CC4N)C3)c12. The highest BCUT2D eigenvalue weighted by molar-refractivity contribution is 6.14. The van der Waals surface area contributed by atoms with E-state index < -0.39 is 0 Å². The molecule has 31 heavy (non-hydrogen) atoms. The van der Waals surface area contributed by atoms with Crippen molar-refractivity contribution in [3.05, 3.63) is 36.2 Å². The predicted octanol–water partition coefficient (Wildman–Crippen LogP) is 2.72. The molecule has 2 fully saturated rings. The summed E-state index contributed by atoms with van der Waals surface area (Å²) in [6.07, 6.45) is 4.18. The van der Waals surface area contributed by atoms with Crippen LogP contribution in [0.2, 0.25) is 0 Å². The van der Waals surface area contributed by atoms with E-state index in [2.05, 4.69) is 30.2 Å². The number of aryl methyl sites for hydroxylation is 1. The van der Waals surface area contributed by atoms with Gasteiger partial charge in [0.15, 0.2) is 5.75 Å². The third kappa shape index (κ3) is 2.78. The van der Waals surface area contributed by atoms with Crippen LogP contribution in [0.15, 0.2) is 24.5 Å². The first-order chi connectivity index (χ1) is 15.0. The smallest absolute Gasteiger partial charge is 0.326 e. The normalized spacial score (nSPS) is 19.1. The van der Waals surface area contributed by atoms with Crippen LogP contribution in [0.3, 0.4) is 0 Å². The number of ether oxygens (including phenoxy) is 1. The van der Waals surface area contributed by atoms with E-state index in [1.54, 1.807) is 26.4 Å². The molecule has 3 aromatic heterocycles. The Kier molecular flexibility index (Phi) is 3.67. The molecule has 1 unspecified atom stereocenters. The maximum Gasteiger partial charge on any atom is 0.326 e. The summed E-state index contributed by atoms with van der Waals surface area (Å²) in [5, 5.41) is 4.53. The lowest BCUT2D eigenvalue weighted by atomic mass is 9.95. The summed E-state index contributed by atoms with van der Waals surface area (Å²) in [4.78, 5) is 23.0. The number of nitrogens with zero attached hydrogens (tertiary/aromatic N) is 5. The Balaban J connectivity index is 1.51. The Labute approximate surface area is 176 Å². The quantitative estimate of drug-likeness (QED) is 0.461. The molecule has 1 aliphatic carbocycles. The van der Waals surface area contributed by atoms with Crippen LogP contribution in [0.5, 0.6) is 11.8 Å². The molecule has 1 aliphatic heterocycles. The van der Waals surface area contributed by atoms with Crippen molar-refractivity contribution in [1.29, 1.82) is 0 Å². The van der Waals surface area contributed by atoms with Gasteiger partial charge in [-0.2, -0.15) is 9.97 Å². The van der Waals surface area contributed by atoms with Gasteiger partial charge in [0, 0.05) is 37.0 Å². The van der Waals surface area contributed by atoms with Crippen molar-refractivity contribution in [2.45, 2.75) is 19.4 Å². The molecule has 9 nitrogen and oxygen atoms in total. The molecule has 0 radical (unpaired) electrons. The molecule has 4 N–H and O–H groups in total. The summed E-state index contributed by atoms with van der Waals surface area (Å²) >= 11 is 0. The van der Waals surface area contributed by atoms with Gasteiger partial charge in [-0.15, -0.1) is 0 Å². The van der Waals surface area contributed by atoms with Crippen molar-refractivity contribution in [3.8, 4) is 11.8 Å². The van der Waals surface area contributed by atoms with Crippen molar-refractivity contribution < 1.29 is 9.13 Å². The summed E-state index contributed by atoms with van der Waals surface area (Å²) < 4.78 is 20.2. The Morgan fingerprint density at radius 1 is 1.26 bits per heavy atom. The van der Waals surface area contributed by atoms with Gasteiger partial charge < -0.3 is 25.7 Å². The zero-order valence-electron chi connectivity index (χ0n) is 17.1. The topological polar surface area (TPSA) is 118 Å². The average molecular weight is 420 g/mol. The van der Waals surface area contributed by atoms with Crippen LogP contribution >= 0.6 is 0 Å². The molecule has 1 spiro atoms. The maximum atomic E-state index is 14.3. The summed E-state index contributed by atoms with van der Waals surface area (Å²) in [7, 11) is 1.76. The summed E-state index contributed by atoms with van der Waals surface area (Å²) in [6, 6.07) is 3.37. The van der Waals surface area contributed by atoms with Gasteiger partial charge in [0.1, 0.15) is 23.1 Å². The minimum Gasteiger partial charge on any atom is -0.421 e. The Bertz CT molecular complexity index is 1330. The number of aromatic amines is 1.